The fourth-order valence-corrected chi connectivity index (χ4v) is 2.83. The lowest BCUT2D eigenvalue weighted by Gasteiger charge is -2.11. The van der Waals surface area contributed by atoms with Crippen molar-refractivity contribution in [3.05, 3.63) is 33.3 Å². The van der Waals surface area contributed by atoms with E-state index in [9.17, 15) is 0 Å². The molecule has 1 aliphatic carbocycles. The van der Waals surface area contributed by atoms with Gasteiger partial charge in [0.15, 0.2) is 0 Å². The van der Waals surface area contributed by atoms with Crippen LogP contribution in [0.3, 0.4) is 0 Å². The number of nitrogens with zero attached hydrogens (tertiary/aromatic N) is 2. The first-order chi connectivity index (χ1) is 9.13. The van der Waals surface area contributed by atoms with Crippen molar-refractivity contribution in [2.24, 2.45) is 0 Å². The third-order valence-corrected chi connectivity index (χ3v) is 4.37. The van der Waals surface area contributed by atoms with Crippen LogP contribution in [-0.2, 0) is 6.54 Å². The number of aromatic nitrogens is 2. The lowest BCUT2D eigenvalue weighted by atomic mass is 10.3. The average Bonchev–Trinajstić information content (AvgIpc) is 3.15. The molecule has 0 radical (unpaired) electrons. The summed E-state index contributed by atoms with van der Waals surface area (Å²) in [4.78, 5) is 11.6. The van der Waals surface area contributed by atoms with Crippen LogP contribution in [0.1, 0.15) is 39.9 Å². The molecule has 0 atom stereocenters. The molecule has 0 aromatic carbocycles. The Morgan fingerprint density at radius 2 is 2.11 bits per heavy atom. The topological polar surface area (TPSA) is 63.8 Å². The molecule has 2 aromatic heterocycles. The standard InChI is InChI=1S/C14H18N4S/c1-8-3-6-11(19-8)7-16-13-9(2)12(15)17-14(18-13)10-4-5-10/h3,6,10H,4-5,7H2,1-2H3,(H3,15,16,17,18). The van der Waals surface area contributed by atoms with Crippen LogP contribution in [-0.4, -0.2) is 9.97 Å². The number of hydrogen-bond donors (Lipinski definition) is 2. The molecule has 0 amide bonds. The maximum absolute atomic E-state index is 5.97. The van der Waals surface area contributed by atoms with Gasteiger partial charge in [-0.3, -0.25) is 0 Å². The number of hydrogen-bond acceptors (Lipinski definition) is 5. The van der Waals surface area contributed by atoms with E-state index in [1.54, 1.807) is 11.3 Å². The van der Waals surface area contributed by atoms with Gasteiger partial charge in [0, 0.05) is 21.2 Å². The van der Waals surface area contributed by atoms with Crippen LogP contribution in [0.25, 0.3) is 0 Å². The molecule has 1 saturated carbocycles. The van der Waals surface area contributed by atoms with Gasteiger partial charge < -0.3 is 11.1 Å². The number of anilines is 2. The van der Waals surface area contributed by atoms with Gasteiger partial charge in [0.25, 0.3) is 0 Å². The second kappa shape index (κ2) is 4.81. The summed E-state index contributed by atoms with van der Waals surface area (Å²) in [6.07, 6.45) is 2.37. The maximum Gasteiger partial charge on any atom is 0.136 e. The fraction of sp³-hybridized carbons (Fsp3) is 0.429. The van der Waals surface area contributed by atoms with Crippen molar-refractivity contribution < 1.29 is 0 Å². The van der Waals surface area contributed by atoms with Gasteiger partial charge in [-0.15, -0.1) is 11.3 Å². The summed E-state index contributed by atoms with van der Waals surface area (Å²) in [5.41, 5.74) is 6.91. The Balaban J connectivity index is 1.79. The van der Waals surface area contributed by atoms with Crippen molar-refractivity contribution in [2.45, 2.75) is 39.2 Å². The molecule has 1 fully saturated rings. The molecule has 0 unspecified atom stereocenters. The largest absolute Gasteiger partial charge is 0.383 e. The molecule has 0 aliphatic heterocycles. The van der Waals surface area contributed by atoms with E-state index in [2.05, 4.69) is 34.3 Å². The molecule has 0 bridgehead atoms. The first-order valence-electron chi connectivity index (χ1n) is 6.56. The summed E-state index contributed by atoms with van der Waals surface area (Å²) >= 11 is 1.80. The Labute approximate surface area is 117 Å². The van der Waals surface area contributed by atoms with E-state index in [1.165, 1.54) is 22.6 Å². The monoisotopic (exact) mass is 274 g/mol. The highest BCUT2D eigenvalue weighted by atomic mass is 32.1. The zero-order chi connectivity index (χ0) is 13.4. The summed E-state index contributed by atoms with van der Waals surface area (Å²) in [5, 5.41) is 3.39. The van der Waals surface area contributed by atoms with Crippen LogP contribution in [0.4, 0.5) is 11.6 Å². The normalized spacial score (nSPS) is 14.6. The number of nitrogens with one attached hydrogen (secondary N) is 1. The Bertz CT molecular complexity index is 601. The SMILES string of the molecule is Cc1ccc(CNc2nc(C3CC3)nc(N)c2C)s1. The van der Waals surface area contributed by atoms with E-state index in [0.29, 0.717) is 11.7 Å². The summed E-state index contributed by atoms with van der Waals surface area (Å²) in [7, 11) is 0. The zero-order valence-electron chi connectivity index (χ0n) is 11.2. The van der Waals surface area contributed by atoms with Gasteiger partial charge in [-0.05, 0) is 38.8 Å². The molecule has 3 rings (SSSR count). The van der Waals surface area contributed by atoms with Crippen LogP contribution < -0.4 is 11.1 Å². The molecule has 2 heterocycles. The van der Waals surface area contributed by atoms with E-state index >= 15 is 0 Å². The van der Waals surface area contributed by atoms with Gasteiger partial charge in [-0.2, -0.15) is 0 Å². The predicted molar refractivity (Wildman–Crippen MR) is 79.5 cm³/mol. The van der Waals surface area contributed by atoms with Crippen LogP contribution >= 0.6 is 11.3 Å². The third-order valence-electron chi connectivity index (χ3n) is 3.37. The summed E-state index contributed by atoms with van der Waals surface area (Å²) in [5.74, 6) is 2.89. The Morgan fingerprint density at radius 3 is 2.74 bits per heavy atom. The third kappa shape index (κ3) is 2.71. The Hall–Kier alpha value is -1.62. The molecule has 2 aromatic rings. The lowest BCUT2D eigenvalue weighted by molar-refractivity contribution is 0.918. The number of thiophene rings is 1. The fourth-order valence-electron chi connectivity index (χ4n) is 2.00. The molecular weight excluding hydrogens is 256 g/mol. The van der Waals surface area contributed by atoms with Crippen LogP contribution in [0.15, 0.2) is 12.1 Å². The molecule has 5 heteroatoms. The van der Waals surface area contributed by atoms with Gasteiger partial charge in [-0.1, -0.05) is 0 Å². The second-order valence-electron chi connectivity index (χ2n) is 5.08. The van der Waals surface area contributed by atoms with Gasteiger partial charge in [0.1, 0.15) is 17.5 Å². The molecule has 1 aliphatic rings. The van der Waals surface area contributed by atoms with Crippen molar-refractivity contribution >= 4 is 23.0 Å². The van der Waals surface area contributed by atoms with Gasteiger partial charge in [-0.25, -0.2) is 9.97 Å². The van der Waals surface area contributed by atoms with E-state index in [1.807, 2.05) is 6.92 Å². The van der Waals surface area contributed by atoms with E-state index < -0.39 is 0 Å². The van der Waals surface area contributed by atoms with Crippen molar-refractivity contribution in [1.29, 1.82) is 0 Å². The number of aryl methyl sites for hydroxylation is 1. The quantitative estimate of drug-likeness (QED) is 0.898. The van der Waals surface area contributed by atoms with Crippen molar-refractivity contribution in [3.8, 4) is 0 Å². The summed E-state index contributed by atoms with van der Waals surface area (Å²) in [6, 6.07) is 4.28. The molecule has 3 N–H and O–H groups in total. The van der Waals surface area contributed by atoms with Crippen molar-refractivity contribution in [2.75, 3.05) is 11.1 Å². The van der Waals surface area contributed by atoms with Crippen LogP contribution in [0, 0.1) is 13.8 Å². The highest BCUT2D eigenvalue weighted by Crippen LogP contribution is 2.39. The molecule has 100 valence electrons. The Morgan fingerprint density at radius 1 is 1.32 bits per heavy atom. The molecule has 4 nitrogen and oxygen atoms in total. The van der Waals surface area contributed by atoms with Crippen molar-refractivity contribution in [1.82, 2.24) is 9.97 Å². The number of rotatable bonds is 4. The van der Waals surface area contributed by atoms with Crippen molar-refractivity contribution in [3.63, 3.8) is 0 Å². The first kappa shape index (κ1) is 12.4. The van der Waals surface area contributed by atoms with E-state index in [4.69, 9.17) is 5.73 Å². The van der Waals surface area contributed by atoms with E-state index in [-0.39, 0.29) is 0 Å². The second-order valence-corrected chi connectivity index (χ2v) is 6.45. The minimum atomic E-state index is 0.521. The molecule has 0 saturated heterocycles. The smallest absolute Gasteiger partial charge is 0.136 e. The average molecular weight is 274 g/mol. The molecule has 19 heavy (non-hydrogen) atoms. The molecule has 0 spiro atoms. The predicted octanol–water partition coefficient (Wildman–Crippen LogP) is 3.23. The van der Waals surface area contributed by atoms with Gasteiger partial charge >= 0.3 is 0 Å². The van der Waals surface area contributed by atoms with Gasteiger partial charge in [0.2, 0.25) is 0 Å². The molecular formula is C14H18N4S. The summed E-state index contributed by atoms with van der Waals surface area (Å²) < 4.78 is 0. The highest BCUT2D eigenvalue weighted by molar-refractivity contribution is 7.11. The van der Waals surface area contributed by atoms with Gasteiger partial charge in [0.05, 0.1) is 6.54 Å². The lowest BCUT2D eigenvalue weighted by Crippen LogP contribution is -2.08. The summed E-state index contributed by atoms with van der Waals surface area (Å²) in [6.45, 7) is 4.88. The highest BCUT2D eigenvalue weighted by Gasteiger charge is 2.27. The maximum atomic E-state index is 5.97. The van der Waals surface area contributed by atoms with E-state index in [0.717, 1.165) is 23.8 Å². The zero-order valence-corrected chi connectivity index (χ0v) is 12.0. The van der Waals surface area contributed by atoms with Crippen LogP contribution in [0.5, 0.6) is 0 Å². The Kier molecular flexibility index (Phi) is 3.14. The first-order valence-corrected chi connectivity index (χ1v) is 7.38. The minimum Gasteiger partial charge on any atom is -0.383 e. The number of nitrogens with two attached hydrogens (primary N) is 1. The number of nitrogen functional groups attached to an aromatic ring is 1. The minimum absolute atomic E-state index is 0.521. The van der Waals surface area contributed by atoms with Crippen LogP contribution in [0.2, 0.25) is 0 Å².